The topological polar surface area (TPSA) is 84.3 Å². The predicted molar refractivity (Wildman–Crippen MR) is 74.6 cm³/mol. The number of carbonyl (C=O) groups is 2. The summed E-state index contributed by atoms with van der Waals surface area (Å²) in [6.07, 6.45) is 0.756. The number of rotatable bonds is 4. The van der Waals surface area contributed by atoms with Crippen molar-refractivity contribution >= 4 is 12.0 Å². The van der Waals surface area contributed by atoms with Crippen molar-refractivity contribution in [3.63, 3.8) is 0 Å². The molecule has 20 heavy (non-hydrogen) atoms. The number of carboxylic acid groups (broad SMARTS) is 1. The third kappa shape index (κ3) is 4.35. The number of aliphatic hydroxyl groups excluding tert-OH is 1. The molecule has 0 atom stereocenters. The first kappa shape index (κ1) is 16.7. The van der Waals surface area contributed by atoms with Crippen LogP contribution in [0, 0.1) is 0 Å². The van der Waals surface area contributed by atoms with Crippen LogP contribution >= 0.6 is 0 Å². The first-order chi connectivity index (χ1) is 9.27. The van der Waals surface area contributed by atoms with Gasteiger partial charge in [-0.05, 0) is 20.3 Å². The van der Waals surface area contributed by atoms with E-state index < -0.39 is 11.5 Å². The third-order valence-electron chi connectivity index (χ3n) is 3.80. The van der Waals surface area contributed by atoms with Crippen LogP contribution in [0.25, 0.3) is 0 Å². The van der Waals surface area contributed by atoms with E-state index in [0.29, 0.717) is 26.2 Å². The number of nitrogens with zero attached hydrogens (tertiary/aromatic N) is 3. The highest BCUT2D eigenvalue weighted by atomic mass is 16.4. The van der Waals surface area contributed by atoms with Crippen molar-refractivity contribution < 1.29 is 19.8 Å². The molecule has 0 aromatic carbocycles. The number of urea groups is 1. The van der Waals surface area contributed by atoms with Crippen LogP contribution in [0.3, 0.4) is 0 Å². The molecule has 1 aliphatic rings. The van der Waals surface area contributed by atoms with E-state index in [1.807, 2.05) is 4.90 Å². The lowest BCUT2D eigenvalue weighted by molar-refractivity contribution is -0.138. The van der Waals surface area contributed by atoms with E-state index in [1.165, 1.54) is 0 Å². The van der Waals surface area contributed by atoms with Gasteiger partial charge in [0.2, 0.25) is 0 Å². The Balaban J connectivity index is 2.60. The summed E-state index contributed by atoms with van der Waals surface area (Å²) in [7, 11) is 1.68. The van der Waals surface area contributed by atoms with E-state index in [9.17, 15) is 14.7 Å². The molecule has 0 unspecified atom stereocenters. The van der Waals surface area contributed by atoms with Gasteiger partial charge in [0.15, 0.2) is 0 Å². The SMILES string of the molecule is CN(C(=O)N1CCCN(CC(=O)O)CC1)C(C)(C)CO. The van der Waals surface area contributed by atoms with E-state index in [1.54, 1.807) is 30.7 Å². The van der Waals surface area contributed by atoms with Gasteiger partial charge in [-0.1, -0.05) is 0 Å². The first-order valence-electron chi connectivity index (χ1n) is 6.85. The number of hydrogen-bond donors (Lipinski definition) is 2. The number of carbonyl (C=O) groups excluding carboxylic acids is 1. The van der Waals surface area contributed by atoms with Crippen LogP contribution in [0.4, 0.5) is 4.79 Å². The summed E-state index contributed by atoms with van der Waals surface area (Å²) < 4.78 is 0. The fourth-order valence-electron chi connectivity index (χ4n) is 2.09. The Labute approximate surface area is 119 Å². The summed E-state index contributed by atoms with van der Waals surface area (Å²) in [5.74, 6) is -0.844. The average Bonchev–Trinajstić information content (AvgIpc) is 2.62. The van der Waals surface area contributed by atoms with Crippen molar-refractivity contribution in [2.45, 2.75) is 25.8 Å². The van der Waals surface area contributed by atoms with Crippen molar-refractivity contribution in [2.24, 2.45) is 0 Å². The van der Waals surface area contributed by atoms with Gasteiger partial charge in [0, 0.05) is 33.2 Å². The second-order valence-corrected chi connectivity index (χ2v) is 5.82. The van der Waals surface area contributed by atoms with Gasteiger partial charge >= 0.3 is 12.0 Å². The maximum absolute atomic E-state index is 12.4. The van der Waals surface area contributed by atoms with E-state index >= 15 is 0 Å². The van der Waals surface area contributed by atoms with Crippen molar-refractivity contribution in [3.05, 3.63) is 0 Å². The van der Waals surface area contributed by atoms with Crippen molar-refractivity contribution in [1.29, 1.82) is 0 Å². The minimum Gasteiger partial charge on any atom is -0.480 e. The molecule has 0 saturated carbocycles. The molecular formula is C13H25N3O4. The number of likely N-dealkylation sites (N-methyl/N-ethyl adjacent to an activating group) is 1. The standard InChI is InChI=1S/C13H25N3O4/c1-13(2,10-17)14(3)12(20)16-6-4-5-15(7-8-16)9-11(18)19/h17H,4-10H2,1-3H3,(H,18,19). The molecule has 0 radical (unpaired) electrons. The maximum Gasteiger partial charge on any atom is 0.320 e. The highest BCUT2D eigenvalue weighted by molar-refractivity contribution is 5.75. The van der Waals surface area contributed by atoms with Crippen LogP contribution in [0.5, 0.6) is 0 Å². The molecule has 0 spiro atoms. The second-order valence-electron chi connectivity index (χ2n) is 5.82. The van der Waals surface area contributed by atoms with Gasteiger partial charge in [0.1, 0.15) is 0 Å². The van der Waals surface area contributed by atoms with Crippen molar-refractivity contribution in [2.75, 3.05) is 46.4 Å². The zero-order valence-electron chi connectivity index (χ0n) is 12.5. The van der Waals surface area contributed by atoms with Gasteiger partial charge in [-0.25, -0.2) is 4.79 Å². The third-order valence-corrected chi connectivity index (χ3v) is 3.80. The molecular weight excluding hydrogens is 262 g/mol. The Morgan fingerprint density at radius 2 is 1.85 bits per heavy atom. The van der Waals surface area contributed by atoms with Crippen LogP contribution in [0.2, 0.25) is 0 Å². The zero-order valence-corrected chi connectivity index (χ0v) is 12.5. The average molecular weight is 287 g/mol. The van der Waals surface area contributed by atoms with Crippen LogP contribution in [-0.2, 0) is 4.79 Å². The van der Waals surface area contributed by atoms with Gasteiger partial charge < -0.3 is 20.0 Å². The first-order valence-corrected chi connectivity index (χ1v) is 6.85. The summed E-state index contributed by atoms with van der Waals surface area (Å²) in [6.45, 7) is 5.89. The minimum atomic E-state index is -0.844. The highest BCUT2D eigenvalue weighted by Gasteiger charge is 2.31. The van der Waals surface area contributed by atoms with E-state index in [-0.39, 0.29) is 19.2 Å². The van der Waals surface area contributed by atoms with E-state index in [0.717, 1.165) is 6.42 Å². The molecule has 0 bridgehead atoms. The predicted octanol–water partition coefficient (Wildman–Crippen LogP) is -0.0986. The molecule has 116 valence electrons. The fourth-order valence-corrected chi connectivity index (χ4v) is 2.09. The Morgan fingerprint density at radius 1 is 1.20 bits per heavy atom. The number of aliphatic carboxylic acids is 1. The molecule has 2 amide bonds. The summed E-state index contributed by atoms with van der Waals surface area (Å²) in [5.41, 5.74) is -0.607. The second kappa shape index (κ2) is 6.90. The molecule has 1 rings (SSSR count). The molecule has 0 aromatic heterocycles. The minimum absolute atomic E-state index is 0.0139. The van der Waals surface area contributed by atoms with Gasteiger partial charge in [0.25, 0.3) is 0 Å². The van der Waals surface area contributed by atoms with Gasteiger partial charge in [0.05, 0.1) is 18.7 Å². The zero-order chi connectivity index (χ0) is 15.3. The highest BCUT2D eigenvalue weighted by Crippen LogP contribution is 2.15. The lowest BCUT2D eigenvalue weighted by atomic mass is 10.1. The Morgan fingerprint density at radius 3 is 2.40 bits per heavy atom. The molecule has 0 aromatic rings. The molecule has 2 N–H and O–H groups in total. The van der Waals surface area contributed by atoms with Crippen molar-refractivity contribution in [3.8, 4) is 0 Å². The van der Waals surface area contributed by atoms with Crippen LogP contribution in [0.15, 0.2) is 0 Å². The molecule has 1 fully saturated rings. The Kier molecular flexibility index (Phi) is 5.76. The lowest BCUT2D eigenvalue weighted by Gasteiger charge is -2.37. The molecule has 7 nitrogen and oxygen atoms in total. The van der Waals surface area contributed by atoms with E-state index in [2.05, 4.69) is 0 Å². The molecule has 7 heteroatoms. The van der Waals surface area contributed by atoms with E-state index in [4.69, 9.17) is 5.11 Å². The number of aliphatic hydroxyl groups is 1. The van der Waals surface area contributed by atoms with Gasteiger partial charge in [-0.3, -0.25) is 9.69 Å². The Bertz CT molecular complexity index is 360. The molecule has 1 aliphatic heterocycles. The summed E-state index contributed by atoms with van der Waals surface area (Å²) in [5, 5.41) is 18.1. The summed E-state index contributed by atoms with van der Waals surface area (Å²) in [4.78, 5) is 28.2. The number of hydrogen-bond acceptors (Lipinski definition) is 4. The smallest absolute Gasteiger partial charge is 0.320 e. The maximum atomic E-state index is 12.4. The van der Waals surface area contributed by atoms with Crippen LogP contribution in [0.1, 0.15) is 20.3 Å². The van der Waals surface area contributed by atoms with Crippen LogP contribution < -0.4 is 0 Å². The normalized spacial score (nSPS) is 17.7. The quantitative estimate of drug-likeness (QED) is 0.754. The summed E-state index contributed by atoms with van der Waals surface area (Å²) >= 11 is 0. The van der Waals surface area contributed by atoms with Gasteiger partial charge in [-0.15, -0.1) is 0 Å². The largest absolute Gasteiger partial charge is 0.480 e. The fraction of sp³-hybridized carbons (Fsp3) is 0.846. The van der Waals surface area contributed by atoms with Crippen LogP contribution in [-0.4, -0.2) is 88.8 Å². The monoisotopic (exact) mass is 287 g/mol. The van der Waals surface area contributed by atoms with Gasteiger partial charge in [-0.2, -0.15) is 0 Å². The molecule has 0 aliphatic carbocycles. The number of carboxylic acids is 1. The molecule has 1 saturated heterocycles. The number of amides is 2. The Hall–Kier alpha value is -1.34. The summed E-state index contributed by atoms with van der Waals surface area (Å²) in [6, 6.07) is -0.124. The lowest BCUT2D eigenvalue weighted by Crippen LogP contribution is -2.53. The van der Waals surface area contributed by atoms with Crippen molar-refractivity contribution in [1.82, 2.24) is 14.7 Å². The molecule has 1 heterocycles.